The number of aliphatic imine (C=N–C) groups is 1. The monoisotopic (exact) mass is 588 g/mol. The van der Waals surface area contributed by atoms with E-state index in [1.165, 1.54) is 6.07 Å². The normalized spacial score (nSPS) is 20.6. The Morgan fingerprint density at radius 3 is 2.41 bits per heavy atom. The Balaban J connectivity index is 0.000000191. The highest BCUT2D eigenvalue weighted by molar-refractivity contribution is 7.93. The van der Waals surface area contributed by atoms with Gasteiger partial charge in [-0.25, -0.2) is 24.0 Å². The van der Waals surface area contributed by atoms with E-state index >= 15 is 0 Å². The number of guanidine groups is 1. The number of hydrogen-bond acceptors (Lipinski definition) is 10. The zero-order chi connectivity index (χ0) is 25.4. The average Bonchev–Trinajstić information content (AvgIpc) is 3.33. The summed E-state index contributed by atoms with van der Waals surface area (Å²) in [5.74, 6) is 5.66. The fourth-order valence-electron chi connectivity index (χ4n) is 2.76. The molecule has 11 nitrogen and oxygen atoms in total. The van der Waals surface area contributed by atoms with Crippen molar-refractivity contribution >= 4 is 89.1 Å². The first-order chi connectivity index (χ1) is 15.8. The topological polar surface area (TPSA) is 167 Å². The Morgan fingerprint density at radius 1 is 1.18 bits per heavy atom. The summed E-state index contributed by atoms with van der Waals surface area (Å²) in [5.41, 5.74) is 0.783. The lowest BCUT2D eigenvalue weighted by atomic mass is 10.1. The van der Waals surface area contributed by atoms with Crippen molar-refractivity contribution in [2.45, 2.75) is 41.7 Å². The van der Waals surface area contributed by atoms with Crippen molar-refractivity contribution in [2.75, 3.05) is 16.9 Å². The smallest absolute Gasteiger partial charge is 0.295 e. The fourth-order valence-corrected chi connectivity index (χ4v) is 8.40. The van der Waals surface area contributed by atoms with Gasteiger partial charge in [0.25, 0.3) is 20.0 Å². The SMILES string of the molecule is CC[C@@H](C)N=C1Nc2cc(Cl)sc2S(=O)(=O)N1.C[C@H](CO)C1=NS(=O)(=O)c2sc(Cl)cc2N1N. The van der Waals surface area contributed by atoms with Gasteiger partial charge in [0.2, 0.25) is 5.96 Å². The number of nitrogens with one attached hydrogen (secondary N) is 2. The molecular formula is C17H22Cl2N6O5S4. The predicted molar refractivity (Wildman–Crippen MR) is 137 cm³/mol. The summed E-state index contributed by atoms with van der Waals surface area (Å²) in [6, 6.07) is 3.11. The van der Waals surface area contributed by atoms with Gasteiger partial charge < -0.3 is 10.4 Å². The van der Waals surface area contributed by atoms with Gasteiger partial charge in [-0.3, -0.25) is 5.01 Å². The second-order valence-electron chi connectivity index (χ2n) is 7.32. The van der Waals surface area contributed by atoms with Crippen LogP contribution in [0.4, 0.5) is 11.4 Å². The first-order valence-corrected chi connectivity index (χ1v) is 15.1. The largest absolute Gasteiger partial charge is 0.396 e. The van der Waals surface area contributed by atoms with Crippen LogP contribution in [0.25, 0.3) is 0 Å². The van der Waals surface area contributed by atoms with E-state index in [0.717, 1.165) is 34.1 Å². The number of fused-ring (bicyclic) bond motifs is 2. The highest BCUT2D eigenvalue weighted by Crippen LogP contribution is 2.40. The summed E-state index contributed by atoms with van der Waals surface area (Å²) in [4.78, 5) is 4.24. The molecular weight excluding hydrogens is 567 g/mol. The van der Waals surface area contributed by atoms with Crippen molar-refractivity contribution in [3.8, 4) is 0 Å². The molecule has 0 aliphatic carbocycles. The number of aliphatic hydroxyl groups excluding tert-OH is 1. The van der Waals surface area contributed by atoms with E-state index in [9.17, 15) is 16.8 Å². The Kier molecular flexibility index (Phi) is 8.19. The summed E-state index contributed by atoms with van der Waals surface area (Å²) in [6.07, 6.45) is 0.837. The van der Waals surface area contributed by atoms with Crippen LogP contribution in [0.15, 0.2) is 29.9 Å². The minimum absolute atomic E-state index is 0.0267. The van der Waals surface area contributed by atoms with Crippen LogP contribution >= 0.6 is 45.9 Å². The van der Waals surface area contributed by atoms with Gasteiger partial charge in [0, 0.05) is 5.92 Å². The van der Waals surface area contributed by atoms with E-state index in [-0.39, 0.29) is 32.9 Å². The van der Waals surface area contributed by atoms with Crippen molar-refractivity contribution in [3.63, 3.8) is 0 Å². The van der Waals surface area contributed by atoms with E-state index in [1.807, 2.05) is 13.8 Å². The first kappa shape index (κ1) is 27.1. The molecule has 0 saturated heterocycles. The van der Waals surface area contributed by atoms with Gasteiger partial charge in [-0.1, -0.05) is 37.0 Å². The number of rotatable bonds is 4. The molecule has 34 heavy (non-hydrogen) atoms. The number of thiophene rings is 2. The predicted octanol–water partition coefficient (Wildman–Crippen LogP) is 3.07. The average molecular weight is 590 g/mol. The summed E-state index contributed by atoms with van der Waals surface area (Å²) < 4.78 is 54.5. The minimum Gasteiger partial charge on any atom is -0.396 e. The van der Waals surface area contributed by atoms with E-state index in [4.69, 9.17) is 34.2 Å². The maximum atomic E-state index is 11.9. The Bertz CT molecular complexity index is 1350. The maximum absolute atomic E-state index is 11.9. The molecule has 2 aromatic rings. The number of hydrogen-bond donors (Lipinski definition) is 4. The Labute approximate surface area is 215 Å². The summed E-state index contributed by atoms with van der Waals surface area (Å²) in [5, 5.41) is 13.1. The van der Waals surface area contributed by atoms with Gasteiger partial charge in [-0.2, -0.15) is 8.42 Å². The molecule has 5 N–H and O–H groups in total. The number of nitrogens with zero attached hydrogens (tertiary/aromatic N) is 3. The molecule has 2 atom stereocenters. The van der Waals surface area contributed by atoms with Crippen molar-refractivity contribution in [3.05, 3.63) is 20.8 Å². The van der Waals surface area contributed by atoms with Crippen LogP contribution in [0.3, 0.4) is 0 Å². The molecule has 0 bridgehead atoms. The lowest BCUT2D eigenvalue weighted by Crippen LogP contribution is -2.44. The third-order valence-electron chi connectivity index (χ3n) is 4.65. The molecule has 0 unspecified atom stereocenters. The standard InChI is InChI=1S/C9H12ClN3O2S2.C8H10ClN3O3S2/c1-3-5(2)11-9-12-6-4-7(10)16-8(6)17(14,15)13-9;1-4(3-13)7-11-17(14,15)8-5(12(7)10)2-6(9)16-8/h4-5H,3H2,1-2H3,(H2,11,12,13);2,4,13H,3,10H2,1H3/t5-;4-/m11/s1. The highest BCUT2D eigenvalue weighted by atomic mass is 35.5. The van der Waals surface area contributed by atoms with Crippen LogP contribution in [0.1, 0.15) is 27.2 Å². The molecule has 0 aromatic carbocycles. The summed E-state index contributed by atoms with van der Waals surface area (Å²) in [7, 11) is -7.30. The van der Waals surface area contributed by atoms with Crippen LogP contribution in [0.2, 0.25) is 8.67 Å². The number of hydrazine groups is 1. The third-order valence-corrected chi connectivity index (χ3v) is 10.8. The van der Waals surface area contributed by atoms with Crippen molar-refractivity contribution in [2.24, 2.45) is 21.2 Å². The molecule has 4 rings (SSSR count). The molecule has 0 saturated carbocycles. The van der Waals surface area contributed by atoms with Crippen molar-refractivity contribution in [1.29, 1.82) is 0 Å². The highest BCUT2D eigenvalue weighted by Gasteiger charge is 2.34. The number of aliphatic hydroxyl groups is 1. The van der Waals surface area contributed by atoms with Gasteiger partial charge >= 0.3 is 0 Å². The van der Waals surface area contributed by atoms with Gasteiger partial charge in [0.15, 0.2) is 8.42 Å². The molecule has 4 heterocycles. The van der Waals surface area contributed by atoms with Gasteiger partial charge in [0.05, 0.1) is 32.7 Å². The third kappa shape index (κ3) is 5.67. The molecule has 0 spiro atoms. The van der Waals surface area contributed by atoms with Crippen LogP contribution in [-0.2, 0) is 20.0 Å². The second-order valence-corrected chi connectivity index (χ2v) is 14.4. The lowest BCUT2D eigenvalue weighted by molar-refractivity contribution is 0.269. The van der Waals surface area contributed by atoms with Crippen LogP contribution < -0.4 is 20.9 Å². The zero-order valence-electron chi connectivity index (χ0n) is 18.1. The van der Waals surface area contributed by atoms with E-state index < -0.39 is 26.0 Å². The van der Waals surface area contributed by atoms with Gasteiger partial charge in [0.1, 0.15) is 5.84 Å². The Morgan fingerprint density at radius 2 is 1.79 bits per heavy atom. The molecule has 2 aliphatic heterocycles. The first-order valence-electron chi connectivity index (χ1n) is 9.75. The summed E-state index contributed by atoms with van der Waals surface area (Å²) >= 11 is 13.5. The fraction of sp³-hybridized carbons (Fsp3) is 0.412. The Hall–Kier alpha value is -1.46. The molecule has 0 fully saturated rings. The van der Waals surface area contributed by atoms with E-state index in [1.54, 1.807) is 13.0 Å². The number of sulfonamides is 2. The maximum Gasteiger partial charge on any atom is 0.295 e. The van der Waals surface area contributed by atoms with E-state index in [0.29, 0.717) is 20.0 Å². The summed E-state index contributed by atoms with van der Waals surface area (Å²) in [6.45, 7) is 5.29. The van der Waals surface area contributed by atoms with E-state index in [2.05, 4.69) is 19.4 Å². The van der Waals surface area contributed by atoms with Gasteiger partial charge in [-0.05, 0) is 25.5 Å². The molecule has 2 aromatic heterocycles. The number of anilines is 2. The minimum atomic E-state index is -3.77. The lowest BCUT2D eigenvalue weighted by Gasteiger charge is -2.26. The molecule has 0 amide bonds. The number of halogens is 2. The molecule has 188 valence electrons. The molecule has 17 heteroatoms. The van der Waals surface area contributed by atoms with Crippen molar-refractivity contribution < 1.29 is 21.9 Å². The number of amidine groups is 1. The van der Waals surface area contributed by atoms with Crippen molar-refractivity contribution in [1.82, 2.24) is 4.72 Å². The number of nitrogens with two attached hydrogens (primary N) is 1. The quantitative estimate of drug-likeness (QED) is 0.395. The second kappa shape index (κ2) is 10.3. The molecule has 2 aliphatic rings. The van der Waals surface area contributed by atoms with Crippen LogP contribution in [0.5, 0.6) is 0 Å². The van der Waals surface area contributed by atoms with Gasteiger partial charge in [-0.15, -0.1) is 27.1 Å². The zero-order valence-corrected chi connectivity index (χ0v) is 22.9. The molecule has 0 radical (unpaired) electrons. The van der Waals surface area contributed by atoms with Crippen LogP contribution in [0, 0.1) is 5.92 Å². The van der Waals surface area contributed by atoms with Crippen LogP contribution in [-0.4, -0.2) is 46.4 Å².